The molecular weight excluding hydrogens is 397 g/mol. The van der Waals surface area contributed by atoms with E-state index < -0.39 is 39.9 Å². The van der Waals surface area contributed by atoms with Gasteiger partial charge in [0, 0.05) is 6.07 Å². The third kappa shape index (κ3) is 5.62. The van der Waals surface area contributed by atoms with E-state index in [1.807, 2.05) is 0 Å². The normalized spacial score (nSPS) is 11.8. The summed E-state index contributed by atoms with van der Waals surface area (Å²) in [6, 6.07) is 10.5. The second-order valence-corrected chi connectivity index (χ2v) is 7.70. The van der Waals surface area contributed by atoms with Crippen molar-refractivity contribution >= 4 is 27.3 Å². The van der Waals surface area contributed by atoms with Crippen LogP contribution in [0.2, 0.25) is 0 Å². The van der Waals surface area contributed by atoms with Crippen molar-refractivity contribution in [2.75, 3.05) is 29.0 Å². The number of amides is 1. The maximum Gasteiger partial charge on any atom is 0.418 e. The molecule has 6 nitrogen and oxygen atoms in total. The summed E-state index contributed by atoms with van der Waals surface area (Å²) in [5.41, 5.74) is -1.31. The number of halogens is 3. The Bertz CT molecular complexity index is 946. The Labute approximate surface area is 161 Å². The first-order valence-electron chi connectivity index (χ1n) is 8.19. The van der Waals surface area contributed by atoms with Gasteiger partial charge in [-0.1, -0.05) is 18.2 Å². The molecule has 0 aliphatic carbocycles. The van der Waals surface area contributed by atoms with E-state index in [0.717, 1.165) is 22.7 Å². The smallest absolute Gasteiger partial charge is 0.418 e. The molecule has 0 fully saturated rings. The summed E-state index contributed by atoms with van der Waals surface area (Å²) in [5, 5.41) is 2.13. The van der Waals surface area contributed by atoms with Crippen LogP contribution in [0.1, 0.15) is 12.5 Å². The molecule has 0 aliphatic heterocycles. The SMILES string of the molecule is CCOc1cccc(N(CC(=O)Nc2ccccc2C(F)(F)F)S(C)(=O)=O)c1. The molecule has 10 heteroatoms. The molecule has 0 heterocycles. The monoisotopic (exact) mass is 416 g/mol. The average molecular weight is 416 g/mol. The molecule has 0 saturated carbocycles. The van der Waals surface area contributed by atoms with E-state index in [9.17, 15) is 26.4 Å². The molecule has 1 N–H and O–H groups in total. The zero-order chi connectivity index (χ0) is 20.9. The number of hydrogen-bond donors (Lipinski definition) is 1. The van der Waals surface area contributed by atoms with Gasteiger partial charge in [0.2, 0.25) is 15.9 Å². The number of hydrogen-bond acceptors (Lipinski definition) is 4. The number of carbonyl (C=O) groups is 1. The number of ether oxygens (including phenoxy) is 1. The maximum absolute atomic E-state index is 13.1. The molecular formula is C18H19F3N2O4S. The second-order valence-electron chi connectivity index (χ2n) is 5.79. The highest BCUT2D eigenvalue weighted by Gasteiger charge is 2.33. The highest BCUT2D eigenvalue weighted by Crippen LogP contribution is 2.34. The molecule has 2 aromatic rings. The van der Waals surface area contributed by atoms with Crippen LogP contribution in [0.4, 0.5) is 24.5 Å². The number of alkyl halides is 3. The lowest BCUT2D eigenvalue weighted by molar-refractivity contribution is -0.137. The number of para-hydroxylation sites is 1. The predicted octanol–water partition coefficient (Wildman–Crippen LogP) is 3.51. The van der Waals surface area contributed by atoms with Crippen molar-refractivity contribution in [1.29, 1.82) is 0 Å². The van der Waals surface area contributed by atoms with Crippen molar-refractivity contribution in [1.82, 2.24) is 0 Å². The van der Waals surface area contributed by atoms with Crippen molar-refractivity contribution in [3.63, 3.8) is 0 Å². The topological polar surface area (TPSA) is 75.7 Å². The van der Waals surface area contributed by atoms with Gasteiger partial charge >= 0.3 is 6.18 Å². The third-order valence-electron chi connectivity index (χ3n) is 3.61. The van der Waals surface area contributed by atoms with Gasteiger partial charge in [-0.2, -0.15) is 13.2 Å². The van der Waals surface area contributed by atoms with Crippen molar-refractivity contribution in [2.24, 2.45) is 0 Å². The molecule has 0 unspecified atom stereocenters. The van der Waals surface area contributed by atoms with Gasteiger partial charge in [-0.3, -0.25) is 9.10 Å². The second kappa shape index (κ2) is 8.51. The molecule has 2 aromatic carbocycles. The molecule has 28 heavy (non-hydrogen) atoms. The van der Waals surface area contributed by atoms with E-state index >= 15 is 0 Å². The van der Waals surface area contributed by atoms with Crippen LogP contribution in [0.15, 0.2) is 48.5 Å². The standard InChI is InChI=1S/C18H19F3N2O4S/c1-3-27-14-8-6-7-13(11-14)23(28(2,25)26)12-17(24)22-16-10-5-4-9-15(16)18(19,20)21/h4-11H,3,12H2,1-2H3,(H,22,24). The Morgan fingerprint density at radius 3 is 2.43 bits per heavy atom. The van der Waals surface area contributed by atoms with E-state index in [1.165, 1.54) is 24.3 Å². The molecule has 2 rings (SSSR count). The van der Waals surface area contributed by atoms with Gasteiger partial charge in [0.15, 0.2) is 0 Å². The fourth-order valence-electron chi connectivity index (χ4n) is 2.45. The van der Waals surface area contributed by atoms with E-state index in [1.54, 1.807) is 19.1 Å². The molecule has 0 bridgehead atoms. The quantitative estimate of drug-likeness (QED) is 0.750. The van der Waals surface area contributed by atoms with Gasteiger partial charge in [0.05, 0.1) is 29.8 Å². The molecule has 152 valence electrons. The van der Waals surface area contributed by atoms with Crippen molar-refractivity contribution in [3.05, 3.63) is 54.1 Å². The van der Waals surface area contributed by atoms with Crippen LogP contribution in [-0.2, 0) is 21.0 Å². The summed E-state index contributed by atoms with van der Waals surface area (Å²) in [5.74, 6) is -0.514. The molecule has 1 amide bonds. The molecule has 0 aromatic heterocycles. The molecule has 0 aliphatic rings. The summed E-state index contributed by atoms with van der Waals surface area (Å²) in [6.45, 7) is 1.42. The molecule has 0 spiro atoms. The lowest BCUT2D eigenvalue weighted by Gasteiger charge is -2.23. The molecule has 0 atom stereocenters. The van der Waals surface area contributed by atoms with E-state index in [0.29, 0.717) is 12.4 Å². The largest absolute Gasteiger partial charge is 0.494 e. The van der Waals surface area contributed by atoms with E-state index in [4.69, 9.17) is 4.74 Å². The summed E-state index contributed by atoms with van der Waals surface area (Å²) >= 11 is 0. The van der Waals surface area contributed by atoms with Crippen LogP contribution < -0.4 is 14.4 Å². The summed E-state index contributed by atoms with van der Waals surface area (Å²) in [7, 11) is -3.88. The Morgan fingerprint density at radius 2 is 1.82 bits per heavy atom. The molecule has 0 saturated heterocycles. The predicted molar refractivity (Wildman–Crippen MR) is 99.9 cm³/mol. The van der Waals surface area contributed by atoms with Crippen molar-refractivity contribution < 1.29 is 31.1 Å². The van der Waals surface area contributed by atoms with E-state index in [-0.39, 0.29) is 5.69 Å². The van der Waals surface area contributed by atoms with Crippen LogP contribution >= 0.6 is 0 Å². The Morgan fingerprint density at radius 1 is 1.14 bits per heavy atom. The minimum Gasteiger partial charge on any atom is -0.494 e. The first-order valence-corrected chi connectivity index (χ1v) is 10.0. The molecule has 0 radical (unpaired) electrons. The van der Waals surface area contributed by atoms with Crippen LogP contribution in [0, 0.1) is 0 Å². The van der Waals surface area contributed by atoms with Gasteiger partial charge < -0.3 is 10.1 Å². The maximum atomic E-state index is 13.1. The van der Waals surface area contributed by atoms with Gasteiger partial charge in [0.1, 0.15) is 12.3 Å². The number of benzene rings is 2. The number of anilines is 2. The fraction of sp³-hybridized carbons (Fsp3) is 0.278. The van der Waals surface area contributed by atoms with Gasteiger partial charge in [-0.25, -0.2) is 8.42 Å². The highest BCUT2D eigenvalue weighted by molar-refractivity contribution is 7.92. The average Bonchev–Trinajstić information content (AvgIpc) is 2.59. The first kappa shape index (κ1) is 21.5. The van der Waals surface area contributed by atoms with Crippen LogP contribution in [0.3, 0.4) is 0 Å². The lowest BCUT2D eigenvalue weighted by Crippen LogP contribution is -2.37. The van der Waals surface area contributed by atoms with Gasteiger partial charge in [0.25, 0.3) is 0 Å². The first-order chi connectivity index (χ1) is 13.0. The van der Waals surface area contributed by atoms with Crippen molar-refractivity contribution in [3.8, 4) is 5.75 Å². The van der Waals surface area contributed by atoms with Crippen LogP contribution in [0.5, 0.6) is 5.75 Å². The summed E-state index contributed by atoms with van der Waals surface area (Å²) in [4.78, 5) is 12.3. The number of nitrogens with zero attached hydrogens (tertiary/aromatic N) is 1. The number of nitrogens with one attached hydrogen (secondary N) is 1. The zero-order valence-electron chi connectivity index (χ0n) is 15.2. The van der Waals surface area contributed by atoms with Crippen LogP contribution in [0.25, 0.3) is 0 Å². The van der Waals surface area contributed by atoms with Gasteiger partial charge in [-0.05, 0) is 31.2 Å². The van der Waals surface area contributed by atoms with Gasteiger partial charge in [-0.15, -0.1) is 0 Å². The van der Waals surface area contributed by atoms with Crippen molar-refractivity contribution in [2.45, 2.75) is 13.1 Å². The zero-order valence-corrected chi connectivity index (χ0v) is 16.0. The minimum absolute atomic E-state index is 0.160. The lowest BCUT2D eigenvalue weighted by atomic mass is 10.1. The summed E-state index contributed by atoms with van der Waals surface area (Å²) in [6.07, 6.45) is -3.76. The Balaban J connectivity index is 2.28. The van der Waals surface area contributed by atoms with Crippen LogP contribution in [-0.4, -0.2) is 33.7 Å². The number of sulfonamides is 1. The third-order valence-corrected chi connectivity index (χ3v) is 4.75. The minimum atomic E-state index is -4.66. The van der Waals surface area contributed by atoms with E-state index in [2.05, 4.69) is 5.32 Å². The Hall–Kier alpha value is -2.75. The summed E-state index contributed by atoms with van der Waals surface area (Å²) < 4.78 is 69.6. The number of rotatable bonds is 7. The fourth-order valence-corrected chi connectivity index (χ4v) is 3.30. The number of carbonyl (C=O) groups excluding carboxylic acids is 1. The Kier molecular flexibility index (Phi) is 6.55. The highest BCUT2D eigenvalue weighted by atomic mass is 32.2.